The van der Waals surface area contributed by atoms with Gasteiger partial charge >= 0.3 is 0 Å². The third kappa shape index (κ3) is 5.74. The van der Waals surface area contributed by atoms with Crippen molar-refractivity contribution < 1.29 is 4.39 Å². The molecule has 6 heterocycles. The molecule has 0 spiro atoms. The lowest BCUT2D eigenvalue weighted by Crippen LogP contribution is -2.38. The lowest BCUT2D eigenvalue weighted by molar-refractivity contribution is 0.211. The van der Waals surface area contributed by atoms with Crippen molar-refractivity contribution in [2.24, 2.45) is 0 Å². The number of benzene rings is 1. The van der Waals surface area contributed by atoms with E-state index >= 15 is 0 Å². The summed E-state index contributed by atoms with van der Waals surface area (Å²) in [5, 5.41) is 20.6. The molecule has 0 radical (unpaired) electrons. The van der Waals surface area contributed by atoms with E-state index in [0.29, 0.717) is 39.9 Å². The molecule has 1 aliphatic rings. The number of nitrogens with two attached hydrogens (primary N) is 1. The van der Waals surface area contributed by atoms with Crippen molar-refractivity contribution in [2.75, 3.05) is 24.1 Å². The second kappa shape index (κ2) is 12.0. The fourth-order valence-corrected chi connectivity index (χ4v) is 5.44. The number of likely N-dealkylation sites (tertiary alicyclic amines) is 1. The average molecular weight is 603 g/mol. The van der Waals surface area contributed by atoms with Crippen LogP contribution in [0.25, 0.3) is 39.8 Å². The molecule has 224 valence electrons. The SMILES string of the molecule is N#Cc1nccc(NC2CCN(Cc3ccc(-n4c(-c5nccnc5N)nc5ccc(-c6cnn(CF)n6)nc54)cc3)CC2)n1. The van der Waals surface area contributed by atoms with Gasteiger partial charge in [-0.25, -0.2) is 34.3 Å². The molecule has 0 bridgehead atoms. The van der Waals surface area contributed by atoms with Crippen molar-refractivity contribution >= 4 is 22.8 Å². The first-order valence-corrected chi connectivity index (χ1v) is 14.3. The number of pyridine rings is 1. The normalized spacial score (nSPS) is 14.0. The number of halogens is 1. The van der Waals surface area contributed by atoms with Gasteiger partial charge in [0.15, 0.2) is 17.3 Å². The molecule has 1 aliphatic heterocycles. The van der Waals surface area contributed by atoms with Crippen LogP contribution in [0.3, 0.4) is 0 Å². The van der Waals surface area contributed by atoms with Gasteiger partial charge in [0, 0.05) is 50.0 Å². The minimum atomic E-state index is -0.829. The van der Waals surface area contributed by atoms with Crippen LogP contribution in [0.4, 0.5) is 16.0 Å². The number of piperidine rings is 1. The molecule has 1 saturated heterocycles. The number of hydrogen-bond donors (Lipinski definition) is 2. The second-order valence-corrected chi connectivity index (χ2v) is 10.6. The maximum atomic E-state index is 13.1. The Kier molecular flexibility index (Phi) is 7.46. The number of nitrogens with zero attached hydrogens (tertiary/aromatic N) is 12. The molecule has 1 aromatic carbocycles. The summed E-state index contributed by atoms with van der Waals surface area (Å²) in [6, 6.07) is 15.9. The Bertz CT molecular complexity index is 2000. The summed E-state index contributed by atoms with van der Waals surface area (Å²) < 4.78 is 15.0. The van der Waals surface area contributed by atoms with E-state index in [4.69, 9.17) is 21.0 Å². The van der Waals surface area contributed by atoms with Gasteiger partial charge < -0.3 is 11.1 Å². The van der Waals surface area contributed by atoms with E-state index in [1.54, 1.807) is 24.5 Å². The van der Waals surface area contributed by atoms with Crippen LogP contribution in [0.15, 0.2) is 67.3 Å². The van der Waals surface area contributed by atoms with Crippen LogP contribution in [-0.4, -0.2) is 73.5 Å². The molecule has 0 amide bonds. The Hall–Kier alpha value is -5.88. The summed E-state index contributed by atoms with van der Waals surface area (Å²) >= 11 is 0. The Labute approximate surface area is 256 Å². The lowest BCUT2D eigenvalue weighted by atomic mass is 10.0. The quantitative estimate of drug-likeness (QED) is 0.260. The van der Waals surface area contributed by atoms with Crippen LogP contribution >= 0.6 is 0 Å². The first kappa shape index (κ1) is 27.9. The smallest absolute Gasteiger partial charge is 0.234 e. The predicted molar refractivity (Wildman–Crippen MR) is 163 cm³/mol. The zero-order valence-electron chi connectivity index (χ0n) is 24.0. The summed E-state index contributed by atoms with van der Waals surface area (Å²) in [4.78, 5) is 29.9. The van der Waals surface area contributed by atoms with Gasteiger partial charge in [-0.1, -0.05) is 12.1 Å². The van der Waals surface area contributed by atoms with Crippen molar-refractivity contribution in [3.8, 4) is 34.7 Å². The molecule has 5 aromatic heterocycles. The van der Waals surface area contributed by atoms with E-state index in [2.05, 4.69) is 52.5 Å². The minimum Gasteiger partial charge on any atom is -0.382 e. The van der Waals surface area contributed by atoms with Gasteiger partial charge in [0.1, 0.15) is 28.8 Å². The Balaban J connectivity index is 1.13. The van der Waals surface area contributed by atoms with E-state index in [0.717, 1.165) is 43.0 Å². The molecule has 7 rings (SSSR count). The summed E-state index contributed by atoms with van der Waals surface area (Å²) in [5.74, 6) is 1.59. The Morgan fingerprint density at radius 2 is 1.76 bits per heavy atom. The molecule has 0 aliphatic carbocycles. The van der Waals surface area contributed by atoms with Crippen LogP contribution in [-0.2, 0) is 13.3 Å². The van der Waals surface area contributed by atoms with Gasteiger partial charge in [-0.2, -0.15) is 15.2 Å². The number of fused-ring (bicyclic) bond motifs is 1. The number of hydrogen-bond acceptors (Lipinski definition) is 12. The van der Waals surface area contributed by atoms with Gasteiger partial charge in [0.05, 0.1) is 11.9 Å². The predicted octanol–water partition coefficient (Wildman–Crippen LogP) is 3.38. The molecule has 15 heteroatoms. The van der Waals surface area contributed by atoms with E-state index in [1.807, 2.05) is 28.8 Å². The van der Waals surface area contributed by atoms with Gasteiger partial charge in [0.2, 0.25) is 12.6 Å². The molecule has 1 fully saturated rings. The van der Waals surface area contributed by atoms with E-state index in [-0.39, 0.29) is 17.7 Å². The van der Waals surface area contributed by atoms with Crippen LogP contribution < -0.4 is 11.1 Å². The minimum absolute atomic E-state index is 0.163. The maximum absolute atomic E-state index is 13.1. The number of nitriles is 1. The second-order valence-electron chi connectivity index (χ2n) is 10.6. The summed E-state index contributed by atoms with van der Waals surface area (Å²) in [7, 11) is 0. The average Bonchev–Trinajstić information content (AvgIpc) is 3.71. The standard InChI is InChI=1S/C30H27FN14/c31-18-44-37-16-24(42-44)22-5-6-23-29(39-22)45(30(40-23)27-28(33)36-12-11-35-27)21-3-1-19(2-4-21)17-43-13-8-20(9-14-43)38-25-7-10-34-26(15-32)41-25/h1-7,10-12,16,20H,8-9,13-14,17-18H2,(H2,33,36)(H,34,38,41). The zero-order valence-corrected chi connectivity index (χ0v) is 24.0. The molecule has 0 saturated carbocycles. The zero-order chi connectivity index (χ0) is 30.8. The van der Waals surface area contributed by atoms with Crippen molar-refractivity contribution in [1.82, 2.24) is 54.4 Å². The first-order valence-electron chi connectivity index (χ1n) is 14.3. The third-order valence-corrected chi connectivity index (χ3v) is 7.64. The van der Waals surface area contributed by atoms with Crippen molar-refractivity contribution in [2.45, 2.75) is 32.2 Å². The van der Waals surface area contributed by atoms with Crippen LogP contribution in [0, 0.1) is 11.3 Å². The molecule has 6 aromatic rings. The number of nitrogens with one attached hydrogen (secondary N) is 1. The maximum Gasteiger partial charge on any atom is 0.234 e. The number of nitrogen functional groups attached to an aromatic ring is 1. The Morgan fingerprint density at radius 1 is 0.933 bits per heavy atom. The number of imidazole rings is 1. The molecular formula is C30H27FN14. The van der Waals surface area contributed by atoms with Crippen molar-refractivity contribution in [1.29, 1.82) is 5.26 Å². The summed E-state index contributed by atoms with van der Waals surface area (Å²) in [5.41, 5.74) is 10.8. The summed E-state index contributed by atoms with van der Waals surface area (Å²) in [6.45, 7) is 1.83. The van der Waals surface area contributed by atoms with Gasteiger partial charge in [-0.05, 0) is 48.7 Å². The monoisotopic (exact) mass is 602 g/mol. The highest BCUT2D eigenvalue weighted by molar-refractivity contribution is 5.83. The third-order valence-electron chi connectivity index (χ3n) is 7.64. The highest BCUT2D eigenvalue weighted by Crippen LogP contribution is 2.30. The van der Waals surface area contributed by atoms with E-state index in [1.165, 1.54) is 18.0 Å². The van der Waals surface area contributed by atoms with Crippen molar-refractivity contribution in [3.05, 3.63) is 78.6 Å². The molecular weight excluding hydrogens is 575 g/mol. The first-order chi connectivity index (χ1) is 22.1. The topological polar surface area (TPSA) is 178 Å². The Morgan fingerprint density at radius 3 is 2.51 bits per heavy atom. The van der Waals surface area contributed by atoms with Crippen molar-refractivity contribution in [3.63, 3.8) is 0 Å². The van der Waals surface area contributed by atoms with Crippen LogP contribution in [0.5, 0.6) is 0 Å². The number of aromatic nitrogens is 10. The molecule has 45 heavy (non-hydrogen) atoms. The lowest BCUT2D eigenvalue weighted by Gasteiger charge is -2.32. The number of rotatable bonds is 8. The number of anilines is 2. The van der Waals surface area contributed by atoms with E-state index < -0.39 is 6.80 Å². The number of alkyl halides is 1. The van der Waals surface area contributed by atoms with E-state index in [9.17, 15) is 4.39 Å². The molecule has 0 atom stereocenters. The fraction of sp³-hybridized carbons (Fsp3) is 0.233. The summed E-state index contributed by atoms with van der Waals surface area (Å²) in [6.07, 6.45) is 8.10. The van der Waals surface area contributed by atoms with Gasteiger partial charge in [-0.15, -0.1) is 5.10 Å². The highest BCUT2D eigenvalue weighted by Gasteiger charge is 2.22. The largest absolute Gasteiger partial charge is 0.382 e. The van der Waals surface area contributed by atoms with Gasteiger partial charge in [-0.3, -0.25) is 9.47 Å². The molecule has 14 nitrogen and oxygen atoms in total. The van der Waals surface area contributed by atoms with Crippen LogP contribution in [0.1, 0.15) is 24.2 Å². The fourth-order valence-electron chi connectivity index (χ4n) is 5.44. The molecule has 3 N–H and O–H groups in total. The van der Waals surface area contributed by atoms with Crippen LogP contribution in [0.2, 0.25) is 0 Å². The highest BCUT2D eigenvalue weighted by atomic mass is 19.1. The van der Waals surface area contributed by atoms with Gasteiger partial charge in [0.25, 0.3) is 0 Å². The molecule has 0 unspecified atom stereocenters.